The third-order valence-electron chi connectivity index (χ3n) is 4.29. The molecule has 4 aromatic rings. The number of carboxylic acid groups (broad SMARTS) is 1. The maximum atomic E-state index is 11.2. The molecule has 0 saturated carbocycles. The van der Waals surface area contributed by atoms with E-state index < -0.39 is 5.97 Å². The Balaban J connectivity index is 1.82. The molecule has 0 aliphatic rings. The van der Waals surface area contributed by atoms with Gasteiger partial charge in [0.05, 0.1) is 11.1 Å². The van der Waals surface area contributed by atoms with Gasteiger partial charge in [-0.2, -0.15) is 0 Å². The zero-order valence-electron chi connectivity index (χ0n) is 14.7. The van der Waals surface area contributed by atoms with Gasteiger partial charge < -0.3 is 10.4 Å². The van der Waals surface area contributed by atoms with Gasteiger partial charge >= 0.3 is 5.97 Å². The molecule has 0 radical (unpaired) electrons. The Labute approximate surface area is 156 Å². The fraction of sp³-hybridized carbons (Fsp3) is 0.0455. The van der Waals surface area contributed by atoms with E-state index in [1.165, 1.54) is 5.56 Å². The minimum atomic E-state index is -0.966. The number of hydrogen-bond donors (Lipinski definition) is 2. The number of benzene rings is 3. The molecule has 0 aliphatic carbocycles. The van der Waals surface area contributed by atoms with Gasteiger partial charge in [0.25, 0.3) is 0 Å². The third kappa shape index (κ3) is 3.48. The lowest BCUT2D eigenvalue weighted by molar-refractivity contribution is 0.0697. The molecule has 0 fully saturated rings. The van der Waals surface area contributed by atoms with Gasteiger partial charge in [-0.05, 0) is 37.3 Å². The van der Waals surface area contributed by atoms with Gasteiger partial charge in [-0.25, -0.2) is 14.8 Å². The number of fused-ring (bicyclic) bond motifs is 1. The second-order valence-corrected chi connectivity index (χ2v) is 6.29. The monoisotopic (exact) mass is 355 g/mol. The number of aromatic nitrogens is 2. The summed E-state index contributed by atoms with van der Waals surface area (Å²) in [6, 6.07) is 22.4. The van der Waals surface area contributed by atoms with Gasteiger partial charge in [0.1, 0.15) is 5.82 Å². The molecule has 0 aliphatic heterocycles. The molecule has 2 N–H and O–H groups in total. The normalized spacial score (nSPS) is 10.7. The number of hydrogen-bond acceptors (Lipinski definition) is 4. The Morgan fingerprint density at radius 2 is 1.70 bits per heavy atom. The Morgan fingerprint density at radius 1 is 0.926 bits per heavy atom. The zero-order valence-corrected chi connectivity index (χ0v) is 14.7. The number of carbonyl (C=O) groups is 1. The van der Waals surface area contributed by atoms with Gasteiger partial charge in [-0.15, -0.1) is 0 Å². The number of anilines is 2. The van der Waals surface area contributed by atoms with Crippen LogP contribution in [-0.2, 0) is 0 Å². The molecule has 0 bridgehead atoms. The van der Waals surface area contributed by atoms with E-state index in [1.807, 2.05) is 61.5 Å². The minimum Gasteiger partial charge on any atom is -0.478 e. The standard InChI is InChI=1S/C22H17N3O2/c1-14-9-11-15(12-10-14)20-24-19-8-3-2-7-18(19)21(25-20)23-17-6-4-5-16(13-17)22(26)27/h2-13H,1H3,(H,26,27)(H,23,24,25). The van der Waals surface area contributed by atoms with E-state index in [0.29, 0.717) is 17.3 Å². The van der Waals surface area contributed by atoms with Crippen molar-refractivity contribution in [1.29, 1.82) is 0 Å². The van der Waals surface area contributed by atoms with E-state index in [1.54, 1.807) is 18.2 Å². The second-order valence-electron chi connectivity index (χ2n) is 6.29. The zero-order chi connectivity index (χ0) is 18.8. The van der Waals surface area contributed by atoms with Crippen molar-refractivity contribution < 1.29 is 9.90 Å². The van der Waals surface area contributed by atoms with Crippen molar-refractivity contribution in [1.82, 2.24) is 9.97 Å². The Bertz CT molecular complexity index is 1140. The molecular weight excluding hydrogens is 338 g/mol. The van der Waals surface area contributed by atoms with E-state index in [2.05, 4.69) is 10.3 Å². The largest absolute Gasteiger partial charge is 0.478 e. The number of aryl methyl sites for hydroxylation is 1. The van der Waals surface area contributed by atoms with Gasteiger partial charge in [0.15, 0.2) is 5.82 Å². The number of nitrogens with zero attached hydrogens (tertiary/aromatic N) is 2. The average molecular weight is 355 g/mol. The van der Waals surface area contributed by atoms with Crippen molar-refractivity contribution >= 4 is 28.4 Å². The number of rotatable bonds is 4. The molecule has 1 heterocycles. The summed E-state index contributed by atoms with van der Waals surface area (Å²) in [4.78, 5) is 20.6. The molecule has 0 amide bonds. The molecule has 0 atom stereocenters. The molecule has 3 aromatic carbocycles. The van der Waals surface area contributed by atoms with Crippen LogP contribution >= 0.6 is 0 Å². The minimum absolute atomic E-state index is 0.220. The lowest BCUT2D eigenvalue weighted by Gasteiger charge is -2.11. The van der Waals surface area contributed by atoms with Gasteiger partial charge in [0, 0.05) is 16.6 Å². The summed E-state index contributed by atoms with van der Waals surface area (Å²) in [6.45, 7) is 2.04. The highest BCUT2D eigenvalue weighted by atomic mass is 16.4. The summed E-state index contributed by atoms with van der Waals surface area (Å²) in [5.41, 5.74) is 3.79. The lowest BCUT2D eigenvalue weighted by atomic mass is 10.1. The van der Waals surface area contributed by atoms with Crippen LogP contribution in [0.1, 0.15) is 15.9 Å². The molecule has 5 heteroatoms. The van der Waals surface area contributed by atoms with Crippen LogP contribution in [0.4, 0.5) is 11.5 Å². The smallest absolute Gasteiger partial charge is 0.335 e. The quantitative estimate of drug-likeness (QED) is 0.536. The van der Waals surface area contributed by atoms with Crippen LogP contribution in [0.3, 0.4) is 0 Å². The first kappa shape index (κ1) is 16.7. The number of para-hydroxylation sites is 1. The fourth-order valence-corrected chi connectivity index (χ4v) is 2.87. The van der Waals surface area contributed by atoms with Crippen LogP contribution in [0.2, 0.25) is 0 Å². The molecular formula is C22H17N3O2. The molecule has 132 valence electrons. The Kier molecular flexibility index (Phi) is 4.26. The van der Waals surface area contributed by atoms with Crippen molar-refractivity contribution in [3.63, 3.8) is 0 Å². The highest BCUT2D eigenvalue weighted by Crippen LogP contribution is 2.27. The first-order chi connectivity index (χ1) is 13.1. The Morgan fingerprint density at radius 3 is 2.48 bits per heavy atom. The molecule has 5 nitrogen and oxygen atoms in total. The average Bonchev–Trinajstić information content (AvgIpc) is 2.68. The second kappa shape index (κ2) is 6.88. The molecule has 1 aromatic heterocycles. The highest BCUT2D eigenvalue weighted by molar-refractivity contribution is 5.93. The summed E-state index contributed by atoms with van der Waals surface area (Å²) < 4.78 is 0. The number of carboxylic acids is 1. The predicted molar refractivity (Wildman–Crippen MR) is 106 cm³/mol. The maximum absolute atomic E-state index is 11.2. The summed E-state index contributed by atoms with van der Waals surface area (Å²) >= 11 is 0. The van der Waals surface area contributed by atoms with Gasteiger partial charge in [-0.3, -0.25) is 0 Å². The molecule has 27 heavy (non-hydrogen) atoms. The van der Waals surface area contributed by atoms with Crippen LogP contribution < -0.4 is 5.32 Å². The van der Waals surface area contributed by atoms with Crippen LogP contribution in [-0.4, -0.2) is 21.0 Å². The van der Waals surface area contributed by atoms with Crippen molar-refractivity contribution in [2.24, 2.45) is 0 Å². The Hall–Kier alpha value is -3.73. The molecule has 0 saturated heterocycles. The topological polar surface area (TPSA) is 75.1 Å². The summed E-state index contributed by atoms with van der Waals surface area (Å²) in [5.74, 6) is 0.288. The molecule has 4 rings (SSSR count). The van der Waals surface area contributed by atoms with Crippen molar-refractivity contribution in [3.8, 4) is 11.4 Å². The van der Waals surface area contributed by atoms with Crippen LogP contribution in [0.15, 0.2) is 72.8 Å². The number of nitrogens with one attached hydrogen (secondary N) is 1. The molecule has 0 spiro atoms. The van der Waals surface area contributed by atoms with Crippen LogP contribution in [0, 0.1) is 6.92 Å². The predicted octanol–water partition coefficient (Wildman–Crippen LogP) is 5.05. The van der Waals surface area contributed by atoms with Gasteiger partial charge in [-0.1, -0.05) is 48.0 Å². The van der Waals surface area contributed by atoms with E-state index in [0.717, 1.165) is 16.5 Å². The van der Waals surface area contributed by atoms with Crippen molar-refractivity contribution in [2.45, 2.75) is 6.92 Å². The molecule has 0 unspecified atom stereocenters. The van der Waals surface area contributed by atoms with Gasteiger partial charge in [0.2, 0.25) is 0 Å². The first-order valence-corrected chi connectivity index (χ1v) is 8.54. The van der Waals surface area contributed by atoms with Crippen LogP contribution in [0.25, 0.3) is 22.3 Å². The maximum Gasteiger partial charge on any atom is 0.335 e. The fourth-order valence-electron chi connectivity index (χ4n) is 2.87. The van der Waals surface area contributed by atoms with E-state index >= 15 is 0 Å². The third-order valence-corrected chi connectivity index (χ3v) is 4.29. The SMILES string of the molecule is Cc1ccc(-c2nc(Nc3cccc(C(=O)O)c3)c3ccccc3n2)cc1. The van der Waals surface area contributed by atoms with Crippen LogP contribution in [0.5, 0.6) is 0 Å². The highest BCUT2D eigenvalue weighted by Gasteiger charge is 2.11. The lowest BCUT2D eigenvalue weighted by Crippen LogP contribution is -2.01. The van der Waals surface area contributed by atoms with E-state index in [9.17, 15) is 9.90 Å². The van der Waals surface area contributed by atoms with Crippen molar-refractivity contribution in [3.05, 3.63) is 83.9 Å². The van der Waals surface area contributed by atoms with Crippen molar-refractivity contribution in [2.75, 3.05) is 5.32 Å². The first-order valence-electron chi connectivity index (χ1n) is 8.54. The summed E-state index contributed by atoms with van der Waals surface area (Å²) in [6.07, 6.45) is 0. The van der Waals surface area contributed by atoms with E-state index in [-0.39, 0.29) is 5.56 Å². The number of aromatic carboxylic acids is 1. The summed E-state index contributed by atoms with van der Waals surface area (Å²) in [7, 11) is 0. The van der Waals surface area contributed by atoms with E-state index in [4.69, 9.17) is 4.98 Å². The summed E-state index contributed by atoms with van der Waals surface area (Å²) in [5, 5.41) is 13.3.